The number of halogens is 4. The van der Waals surface area contributed by atoms with Gasteiger partial charge >= 0.3 is 6.18 Å². The second-order valence-corrected chi connectivity index (χ2v) is 9.06. The number of primary amides is 1. The molecular formula is C21H17ClF3N3O5S. The number of ether oxygens (including phenoxy) is 2. The number of carbonyl (C=O) groups excluding carboxylic acids is 1. The number of carbonyl (C=O) groups is 1. The molecule has 0 aliphatic heterocycles. The van der Waals surface area contributed by atoms with Crippen LogP contribution in [0.1, 0.15) is 18.1 Å². The maximum atomic E-state index is 12.7. The van der Waals surface area contributed by atoms with E-state index >= 15 is 0 Å². The van der Waals surface area contributed by atoms with Crippen LogP contribution in [-0.4, -0.2) is 19.3 Å². The lowest BCUT2D eigenvalue weighted by molar-refractivity contribution is -0.137. The predicted octanol–water partition coefficient (Wildman–Crippen LogP) is 3.97. The number of hydrogen-bond donors (Lipinski definition) is 2. The van der Waals surface area contributed by atoms with Crippen molar-refractivity contribution in [3.63, 3.8) is 0 Å². The van der Waals surface area contributed by atoms with E-state index < -0.39 is 33.3 Å². The van der Waals surface area contributed by atoms with Crippen molar-refractivity contribution in [1.82, 2.24) is 4.98 Å². The van der Waals surface area contributed by atoms with Crippen LogP contribution in [0.15, 0.2) is 65.7 Å². The van der Waals surface area contributed by atoms with Crippen molar-refractivity contribution >= 4 is 27.5 Å². The third-order valence-corrected chi connectivity index (χ3v) is 5.91. The normalized spacial score (nSPS) is 13.7. The number of pyridine rings is 1. The molecular weight excluding hydrogens is 499 g/mol. The molecule has 0 saturated heterocycles. The van der Waals surface area contributed by atoms with Crippen molar-refractivity contribution in [3.05, 3.63) is 76.9 Å². The topological polar surface area (TPSA) is 135 Å². The van der Waals surface area contributed by atoms with Crippen molar-refractivity contribution in [1.29, 1.82) is 0 Å². The molecule has 3 aromatic rings. The van der Waals surface area contributed by atoms with Crippen LogP contribution in [0.5, 0.6) is 17.4 Å². The molecule has 0 spiro atoms. The second-order valence-electron chi connectivity index (χ2n) is 7.12. The summed E-state index contributed by atoms with van der Waals surface area (Å²) in [4.78, 5) is 15.5. The Morgan fingerprint density at radius 2 is 1.65 bits per heavy atom. The number of benzene rings is 2. The minimum absolute atomic E-state index is 0.0638. The van der Waals surface area contributed by atoms with Crippen LogP contribution in [0.25, 0.3) is 0 Å². The van der Waals surface area contributed by atoms with Gasteiger partial charge in [0.05, 0.1) is 10.5 Å². The molecule has 0 fully saturated rings. The molecule has 0 aliphatic rings. The number of primary sulfonamides is 1. The van der Waals surface area contributed by atoms with E-state index in [4.69, 9.17) is 31.9 Å². The summed E-state index contributed by atoms with van der Waals surface area (Å²) in [6.45, 7) is 1.29. The van der Waals surface area contributed by atoms with E-state index in [0.717, 1.165) is 0 Å². The highest BCUT2D eigenvalue weighted by Crippen LogP contribution is 2.36. The first kappa shape index (κ1) is 25.3. The van der Waals surface area contributed by atoms with Gasteiger partial charge in [-0.25, -0.2) is 18.5 Å². The zero-order chi connectivity index (χ0) is 25.3. The third kappa shape index (κ3) is 5.41. The highest BCUT2D eigenvalue weighted by molar-refractivity contribution is 7.89. The molecule has 1 amide bonds. The predicted molar refractivity (Wildman–Crippen MR) is 116 cm³/mol. The van der Waals surface area contributed by atoms with Gasteiger partial charge in [-0.15, -0.1) is 0 Å². The molecule has 34 heavy (non-hydrogen) atoms. The highest BCUT2D eigenvalue weighted by atomic mass is 35.5. The minimum Gasteiger partial charge on any atom is -0.473 e. The minimum atomic E-state index is -4.61. The van der Waals surface area contributed by atoms with E-state index in [-0.39, 0.29) is 32.9 Å². The van der Waals surface area contributed by atoms with E-state index in [1.54, 1.807) is 0 Å². The first-order valence-electron chi connectivity index (χ1n) is 9.33. The molecule has 13 heteroatoms. The zero-order valence-corrected chi connectivity index (χ0v) is 18.9. The molecule has 0 saturated carbocycles. The zero-order valence-electron chi connectivity index (χ0n) is 17.3. The number of sulfonamides is 1. The summed E-state index contributed by atoms with van der Waals surface area (Å²) in [6, 6.07) is 11.7. The summed E-state index contributed by atoms with van der Waals surface area (Å²) >= 11 is 5.84. The Labute approximate surface area is 197 Å². The molecule has 1 aromatic heterocycles. The van der Waals surface area contributed by atoms with Crippen LogP contribution in [0, 0.1) is 0 Å². The lowest BCUT2D eigenvalue weighted by atomic mass is 9.94. The summed E-state index contributed by atoms with van der Waals surface area (Å²) in [5, 5.41) is 4.90. The number of amides is 1. The van der Waals surface area contributed by atoms with Crippen molar-refractivity contribution in [2.45, 2.75) is 23.6 Å². The number of hydrogen-bond acceptors (Lipinski definition) is 6. The maximum absolute atomic E-state index is 12.7. The number of nitrogens with two attached hydrogens (primary N) is 2. The standard InChI is InChI=1S/C21H17ClF3N3O5S/c1-20(19(26)29,15-4-2-3-5-17(15)34(27,30)31)33-14-8-6-13(7-9-14)32-18-16(22)10-12(11-28-18)21(23,24)25/h2-11H,1H3,(H2,26,29)(H2,27,30,31). The number of aromatic nitrogens is 1. The summed E-state index contributed by atoms with van der Waals surface area (Å²) in [7, 11) is -4.20. The largest absolute Gasteiger partial charge is 0.473 e. The molecule has 4 N–H and O–H groups in total. The van der Waals surface area contributed by atoms with Crippen LogP contribution in [0.4, 0.5) is 13.2 Å². The van der Waals surface area contributed by atoms with E-state index in [9.17, 15) is 26.4 Å². The van der Waals surface area contributed by atoms with Crippen molar-refractivity contribution in [2.75, 3.05) is 0 Å². The summed E-state index contributed by atoms with van der Waals surface area (Å²) in [5.74, 6) is -0.992. The fourth-order valence-electron chi connectivity index (χ4n) is 2.93. The second kappa shape index (κ2) is 9.12. The van der Waals surface area contributed by atoms with Gasteiger partial charge in [0.15, 0.2) is 0 Å². The fourth-order valence-corrected chi connectivity index (χ4v) is 3.97. The molecule has 1 heterocycles. The number of rotatable bonds is 7. The molecule has 0 radical (unpaired) electrons. The van der Waals surface area contributed by atoms with Gasteiger partial charge in [0.2, 0.25) is 21.5 Å². The van der Waals surface area contributed by atoms with E-state index in [0.29, 0.717) is 12.3 Å². The van der Waals surface area contributed by atoms with Gasteiger partial charge < -0.3 is 15.2 Å². The van der Waals surface area contributed by atoms with Crippen LogP contribution < -0.4 is 20.3 Å². The lowest BCUT2D eigenvalue weighted by Crippen LogP contribution is -2.44. The fraction of sp³-hybridized carbons (Fsp3) is 0.143. The first-order valence-corrected chi connectivity index (χ1v) is 11.3. The van der Waals surface area contributed by atoms with Crippen LogP contribution in [-0.2, 0) is 26.6 Å². The van der Waals surface area contributed by atoms with Crippen LogP contribution in [0.3, 0.4) is 0 Å². The molecule has 3 rings (SSSR count). The van der Waals surface area contributed by atoms with Gasteiger partial charge in [0.25, 0.3) is 5.91 Å². The first-order chi connectivity index (χ1) is 15.7. The van der Waals surface area contributed by atoms with Gasteiger partial charge in [-0.1, -0.05) is 29.8 Å². The van der Waals surface area contributed by atoms with E-state index in [2.05, 4.69) is 4.98 Å². The summed E-state index contributed by atoms with van der Waals surface area (Å²) in [6.07, 6.45) is -4.02. The molecule has 0 bridgehead atoms. The van der Waals surface area contributed by atoms with Crippen molar-refractivity contribution in [3.8, 4) is 17.4 Å². The molecule has 8 nitrogen and oxygen atoms in total. The Bertz CT molecular complexity index is 1330. The Kier molecular flexibility index (Phi) is 6.78. The SMILES string of the molecule is CC(Oc1ccc(Oc2ncc(C(F)(F)F)cc2Cl)cc1)(C(N)=O)c1ccccc1S(N)(=O)=O. The average molecular weight is 516 g/mol. The Morgan fingerprint density at radius 3 is 2.18 bits per heavy atom. The van der Waals surface area contributed by atoms with E-state index in [1.165, 1.54) is 55.5 Å². The summed E-state index contributed by atoms with van der Waals surface area (Å²) in [5.41, 5.74) is 2.52. The van der Waals surface area contributed by atoms with Crippen LogP contribution in [0.2, 0.25) is 5.02 Å². The monoisotopic (exact) mass is 515 g/mol. The Balaban J connectivity index is 1.87. The summed E-state index contributed by atoms with van der Waals surface area (Å²) < 4.78 is 73.3. The smallest absolute Gasteiger partial charge is 0.417 e. The lowest BCUT2D eigenvalue weighted by Gasteiger charge is -2.29. The molecule has 1 atom stereocenters. The van der Waals surface area contributed by atoms with E-state index in [1.807, 2.05) is 0 Å². The van der Waals surface area contributed by atoms with Gasteiger partial charge in [-0.05, 0) is 43.3 Å². The highest BCUT2D eigenvalue weighted by Gasteiger charge is 2.40. The Hall–Kier alpha value is -3.35. The molecule has 2 aromatic carbocycles. The van der Waals surface area contributed by atoms with Crippen molar-refractivity contribution in [2.24, 2.45) is 10.9 Å². The molecule has 180 valence electrons. The van der Waals surface area contributed by atoms with Gasteiger partial charge in [0.1, 0.15) is 16.5 Å². The van der Waals surface area contributed by atoms with Gasteiger partial charge in [-0.3, -0.25) is 4.79 Å². The maximum Gasteiger partial charge on any atom is 0.417 e. The van der Waals surface area contributed by atoms with Crippen molar-refractivity contribution < 1.29 is 35.9 Å². The van der Waals surface area contributed by atoms with Gasteiger partial charge in [-0.2, -0.15) is 13.2 Å². The van der Waals surface area contributed by atoms with Gasteiger partial charge in [0, 0.05) is 11.8 Å². The average Bonchev–Trinajstić information content (AvgIpc) is 2.75. The number of alkyl halides is 3. The third-order valence-electron chi connectivity index (χ3n) is 4.67. The molecule has 1 unspecified atom stereocenters. The molecule has 0 aliphatic carbocycles. The quantitative estimate of drug-likeness (QED) is 0.489. The Morgan fingerprint density at radius 1 is 1.06 bits per heavy atom. The number of nitrogens with zero attached hydrogens (tertiary/aromatic N) is 1. The van der Waals surface area contributed by atoms with Crippen LogP contribution >= 0.6 is 11.6 Å².